The highest BCUT2D eigenvalue weighted by Crippen LogP contribution is 2.25. The van der Waals surface area contributed by atoms with Crippen LogP contribution in [0.1, 0.15) is 26.7 Å². The number of nitrogens with zero attached hydrogens (tertiary/aromatic N) is 1. The molecule has 2 amide bonds. The molecule has 0 aliphatic carbocycles. The Morgan fingerprint density at radius 1 is 1.38 bits per heavy atom. The Bertz CT molecular complexity index is 311. The van der Waals surface area contributed by atoms with Crippen molar-refractivity contribution in [1.29, 1.82) is 0 Å². The number of amides is 2. The molecule has 1 saturated heterocycles. The first-order chi connectivity index (χ1) is 7.34. The van der Waals surface area contributed by atoms with Gasteiger partial charge in [0.1, 0.15) is 4.75 Å². The fourth-order valence-corrected chi connectivity index (χ4v) is 2.23. The lowest BCUT2D eigenvalue weighted by Gasteiger charge is -2.20. The second-order valence-corrected chi connectivity index (χ2v) is 5.82. The maximum absolute atomic E-state index is 11.3. The van der Waals surface area contributed by atoms with Crippen LogP contribution in [0.2, 0.25) is 0 Å². The van der Waals surface area contributed by atoms with Crippen molar-refractivity contribution >= 4 is 29.5 Å². The minimum atomic E-state index is -0.892. The third-order valence-electron chi connectivity index (χ3n) is 2.45. The van der Waals surface area contributed by atoms with Gasteiger partial charge >= 0.3 is 5.97 Å². The molecule has 1 aliphatic rings. The average Bonchev–Trinajstić information content (AvgIpc) is 2.48. The Labute approximate surface area is 98.2 Å². The molecule has 1 N–H and O–H groups in total. The van der Waals surface area contributed by atoms with Gasteiger partial charge < -0.3 is 5.11 Å². The number of rotatable bonds is 5. The van der Waals surface area contributed by atoms with Crippen molar-refractivity contribution in [3.8, 4) is 0 Å². The van der Waals surface area contributed by atoms with Crippen LogP contribution in [0.3, 0.4) is 0 Å². The first-order valence-corrected chi connectivity index (χ1v) is 6.03. The van der Waals surface area contributed by atoms with Gasteiger partial charge in [0.25, 0.3) is 0 Å². The van der Waals surface area contributed by atoms with E-state index in [2.05, 4.69) is 0 Å². The molecule has 0 atom stereocenters. The predicted octanol–water partition coefficient (Wildman–Crippen LogP) is 0.732. The molecule has 0 aromatic rings. The van der Waals surface area contributed by atoms with E-state index in [0.29, 0.717) is 12.3 Å². The van der Waals surface area contributed by atoms with Gasteiger partial charge in [0.05, 0.1) is 0 Å². The Hall–Kier alpha value is -1.04. The molecule has 6 heteroatoms. The maximum atomic E-state index is 11.3. The highest BCUT2D eigenvalue weighted by atomic mass is 32.2. The van der Waals surface area contributed by atoms with Gasteiger partial charge in [-0.05, 0) is 13.8 Å². The zero-order valence-electron chi connectivity index (χ0n) is 9.36. The number of imide groups is 1. The van der Waals surface area contributed by atoms with Crippen LogP contribution in [0, 0.1) is 0 Å². The van der Waals surface area contributed by atoms with Gasteiger partial charge in [0.15, 0.2) is 0 Å². The van der Waals surface area contributed by atoms with Crippen LogP contribution in [-0.2, 0) is 14.4 Å². The van der Waals surface area contributed by atoms with Crippen molar-refractivity contribution in [1.82, 2.24) is 4.90 Å². The smallest absolute Gasteiger partial charge is 0.319 e. The summed E-state index contributed by atoms with van der Waals surface area (Å²) in [5.74, 6) is -0.745. The van der Waals surface area contributed by atoms with E-state index in [0.717, 1.165) is 0 Å². The zero-order valence-corrected chi connectivity index (χ0v) is 10.2. The van der Waals surface area contributed by atoms with Crippen LogP contribution in [0.25, 0.3) is 0 Å². The lowest BCUT2D eigenvalue weighted by atomic mass is 10.2. The van der Waals surface area contributed by atoms with E-state index in [9.17, 15) is 14.4 Å². The number of hydrogen-bond acceptors (Lipinski definition) is 4. The SMILES string of the molecule is CC(C)(SCCN1C(=O)CCC1=O)C(=O)O. The molecule has 0 saturated carbocycles. The van der Waals surface area contributed by atoms with E-state index in [-0.39, 0.29) is 24.7 Å². The van der Waals surface area contributed by atoms with E-state index in [1.165, 1.54) is 16.7 Å². The molecule has 5 nitrogen and oxygen atoms in total. The molecule has 16 heavy (non-hydrogen) atoms. The number of carbonyl (C=O) groups excluding carboxylic acids is 2. The van der Waals surface area contributed by atoms with Crippen LogP contribution in [0.4, 0.5) is 0 Å². The summed E-state index contributed by atoms with van der Waals surface area (Å²) in [6.07, 6.45) is 0.567. The topological polar surface area (TPSA) is 74.7 Å². The maximum Gasteiger partial charge on any atom is 0.319 e. The lowest BCUT2D eigenvalue weighted by Crippen LogP contribution is -2.34. The number of carbonyl (C=O) groups is 3. The lowest BCUT2D eigenvalue weighted by molar-refractivity contribution is -0.139. The van der Waals surface area contributed by atoms with Crippen molar-refractivity contribution < 1.29 is 19.5 Å². The summed E-state index contributed by atoms with van der Waals surface area (Å²) in [5, 5.41) is 8.87. The highest BCUT2D eigenvalue weighted by Gasteiger charge is 2.31. The molecule has 0 aromatic carbocycles. The third kappa shape index (κ3) is 2.98. The van der Waals surface area contributed by atoms with E-state index >= 15 is 0 Å². The zero-order chi connectivity index (χ0) is 12.3. The van der Waals surface area contributed by atoms with Crippen LogP contribution in [0.15, 0.2) is 0 Å². The van der Waals surface area contributed by atoms with Gasteiger partial charge in [-0.25, -0.2) is 0 Å². The molecular weight excluding hydrogens is 230 g/mol. The molecule has 0 aromatic heterocycles. The first-order valence-electron chi connectivity index (χ1n) is 5.05. The third-order valence-corrected chi connectivity index (χ3v) is 3.73. The standard InChI is InChI=1S/C10H15NO4S/c1-10(2,9(14)15)16-6-5-11-7(12)3-4-8(11)13/h3-6H2,1-2H3,(H,14,15). The van der Waals surface area contributed by atoms with Crippen molar-refractivity contribution in [3.63, 3.8) is 0 Å². The minimum Gasteiger partial charge on any atom is -0.480 e. The largest absolute Gasteiger partial charge is 0.480 e. The summed E-state index contributed by atoms with van der Waals surface area (Å²) in [5.41, 5.74) is 0. The number of likely N-dealkylation sites (tertiary alicyclic amines) is 1. The van der Waals surface area contributed by atoms with Gasteiger partial charge in [0.2, 0.25) is 11.8 Å². The number of carboxylic acids is 1. The predicted molar refractivity (Wildman–Crippen MR) is 60.1 cm³/mol. The molecule has 0 spiro atoms. The van der Waals surface area contributed by atoms with Crippen molar-refractivity contribution in [2.45, 2.75) is 31.4 Å². The van der Waals surface area contributed by atoms with E-state index in [4.69, 9.17) is 5.11 Å². The molecule has 1 heterocycles. The minimum absolute atomic E-state index is 0.154. The van der Waals surface area contributed by atoms with Gasteiger partial charge in [-0.1, -0.05) is 0 Å². The highest BCUT2D eigenvalue weighted by molar-refractivity contribution is 8.01. The van der Waals surface area contributed by atoms with Gasteiger partial charge in [0, 0.05) is 25.1 Å². The van der Waals surface area contributed by atoms with E-state index < -0.39 is 10.7 Å². The monoisotopic (exact) mass is 245 g/mol. The first kappa shape index (κ1) is 13.0. The molecule has 0 radical (unpaired) electrons. The van der Waals surface area contributed by atoms with Crippen molar-refractivity contribution in [2.75, 3.05) is 12.3 Å². The molecule has 90 valence electrons. The van der Waals surface area contributed by atoms with E-state index in [1.807, 2.05) is 0 Å². The Kier molecular flexibility index (Phi) is 3.96. The fourth-order valence-electron chi connectivity index (χ4n) is 1.33. The van der Waals surface area contributed by atoms with Gasteiger partial charge in [-0.3, -0.25) is 19.3 Å². The number of carboxylic acid groups (broad SMARTS) is 1. The number of hydrogen-bond donors (Lipinski definition) is 1. The molecule has 1 fully saturated rings. The number of aliphatic carboxylic acids is 1. The molecule has 0 bridgehead atoms. The van der Waals surface area contributed by atoms with Crippen LogP contribution in [-0.4, -0.2) is 44.8 Å². The normalized spacial score (nSPS) is 17.0. The summed E-state index contributed by atoms with van der Waals surface area (Å²) in [6, 6.07) is 0. The summed E-state index contributed by atoms with van der Waals surface area (Å²) in [7, 11) is 0. The average molecular weight is 245 g/mol. The van der Waals surface area contributed by atoms with E-state index in [1.54, 1.807) is 13.8 Å². The van der Waals surface area contributed by atoms with Crippen molar-refractivity contribution in [2.24, 2.45) is 0 Å². The van der Waals surface area contributed by atoms with Gasteiger partial charge in [-0.15, -0.1) is 11.8 Å². The molecule has 1 rings (SSSR count). The van der Waals surface area contributed by atoms with Gasteiger partial charge in [-0.2, -0.15) is 0 Å². The number of thioether (sulfide) groups is 1. The van der Waals surface area contributed by atoms with Crippen LogP contribution >= 0.6 is 11.8 Å². The second-order valence-electron chi connectivity index (χ2n) is 4.10. The van der Waals surface area contributed by atoms with Crippen LogP contribution in [0.5, 0.6) is 0 Å². The van der Waals surface area contributed by atoms with Crippen LogP contribution < -0.4 is 0 Å². The Morgan fingerprint density at radius 2 is 1.88 bits per heavy atom. The van der Waals surface area contributed by atoms with Crippen molar-refractivity contribution in [3.05, 3.63) is 0 Å². The summed E-state index contributed by atoms with van der Waals surface area (Å²) in [6.45, 7) is 3.51. The summed E-state index contributed by atoms with van der Waals surface area (Å²) >= 11 is 1.23. The quantitative estimate of drug-likeness (QED) is 0.723. The summed E-state index contributed by atoms with van der Waals surface area (Å²) < 4.78 is -0.883. The molecular formula is C10H15NO4S. The summed E-state index contributed by atoms with van der Waals surface area (Å²) in [4.78, 5) is 34.5. The molecule has 1 aliphatic heterocycles. The second kappa shape index (κ2) is 4.86. The fraction of sp³-hybridized carbons (Fsp3) is 0.700. The Morgan fingerprint density at radius 3 is 2.31 bits per heavy atom. The molecule has 0 unspecified atom stereocenters. The Balaban J connectivity index is 2.38.